The Hall–Kier alpha value is -2.05. The predicted molar refractivity (Wildman–Crippen MR) is 114 cm³/mol. The van der Waals surface area contributed by atoms with Gasteiger partial charge in [0, 0.05) is 22.6 Å². The van der Waals surface area contributed by atoms with Gasteiger partial charge < -0.3 is 15.0 Å². The van der Waals surface area contributed by atoms with Crippen molar-refractivity contribution in [2.45, 2.75) is 32.9 Å². The van der Waals surface area contributed by atoms with Crippen LogP contribution in [0.1, 0.15) is 25.8 Å². The molecule has 0 aliphatic heterocycles. The highest BCUT2D eigenvalue weighted by Crippen LogP contribution is 2.18. The second-order valence-corrected chi connectivity index (χ2v) is 7.71. The van der Waals surface area contributed by atoms with Gasteiger partial charge in [-0.05, 0) is 49.2 Å². The average molecular weight is 468 g/mol. The van der Waals surface area contributed by atoms with Gasteiger partial charge in [0.05, 0.1) is 0 Å². The third-order valence-electron chi connectivity index (χ3n) is 4.14. The molecule has 150 valence electrons. The molecule has 2 rings (SSSR count). The Bertz CT molecular complexity index is 798. The lowest BCUT2D eigenvalue weighted by Crippen LogP contribution is -2.49. The van der Waals surface area contributed by atoms with Gasteiger partial charge in [-0.2, -0.15) is 0 Å². The summed E-state index contributed by atoms with van der Waals surface area (Å²) in [6, 6.07) is 13.9. The zero-order valence-corrected chi connectivity index (χ0v) is 18.3. The Labute approximate surface area is 179 Å². The molecule has 1 N–H and O–H groups in total. The molecule has 0 heterocycles. The molecule has 1 unspecified atom stereocenters. The first-order valence-electron chi connectivity index (χ1n) is 9.10. The molecular weight excluding hydrogens is 444 g/mol. The number of hydrogen-bond acceptors (Lipinski definition) is 3. The van der Waals surface area contributed by atoms with Crippen molar-refractivity contribution in [3.05, 3.63) is 63.6 Å². The van der Waals surface area contributed by atoms with Crippen molar-refractivity contribution in [1.29, 1.82) is 0 Å². The highest BCUT2D eigenvalue weighted by Gasteiger charge is 2.26. The third kappa shape index (κ3) is 6.84. The van der Waals surface area contributed by atoms with Crippen molar-refractivity contribution in [1.82, 2.24) is 10.2 Å². The van der Waals surface area contributed by atoms with Crippen LogP contribution in [0.2, 0.25) is 5.02 Å². The van der Waals surface area contributed by atoms with Gasteiger partial charge in [-0.15, -0.1) is 0 Å². The van der Waals surface area contributed by atoms with E-state index in [1.807, 2.05) is 31.2 Å². The fourth-order valence-electron chi connectivity index (χ4n) is 2.55. The summed E-state index contributed by atoms with van der Waals surface area (Å²) in [4.78, 5) is 26.8. The van der Waals surface area contributed by atoms with Crippen LogP contribution in [-0.4, -0.2) is 35.9 Å². The van der Waals surface area contributed by atoms with Gasteiger partial charge in [0.15, 0.2) is 6.61 Å². The Morgan fingerprint density at radius 3 is 2.57 bits per heavy atom. The summed E-state index contributed by atoms with van der Waals surface area (Å²) in [5, 5.41) is 3.38. The van der Waals surface area contributed by atoms with Gasteiger partial charge >= 0.3 is 0 Å². The largest absolute Gasteiger partial charge is 0.484 e. The van der Waals surface area contributed by atoms with Gasteiger partial charge in [0.1, 0.15) is 11.8 Å². The molecule has 28 heavy (non-hydrogen) atoms. The Balaban J connectivity index is 2.11. The summed E-state index contributed by atoms with van der Waals surface area (Å²) in [6.07, 6.45) is 0.830. The van der Waals surface area contributed by atoms with E-state index in [0.717, 1.165) is 16.5 Å². The summed E-state index contributed by atoms with van der Waals surface area (Å²) < 4.78 is 6.53. The van der Waals surface area contributed by atoms with Crippen LogP contribution >= 0.6 is 27.5 Å². The van der Waals surface area contributed by atoms with Crippen molar-refractivity contribution in [3.63, 3.8) is 0 Å². The maximum atomic E-state index is 12.9. The first kappa shape index (κ1) is 22.2. The summed E-state index contributed by atoms with van der Waals surface area (Å²) in [7, 11) is 0. The lowest BCUT2D eigenvalue weighted by atomic mass is 10.1. The van der Waals surface area contributed by atoms with Crippen molar-refractivity contribution < 1.29 is 14.3 Å². The minimum atomic E-state index is -0.620. The van der Waals surface area contributed by atoms with Crippen LogP contribution in [0.3, 0.4) is 0 Å². The van der Waals surface area contributed by atoms with E-state index < -0.39 is 6.04 Å². The molecule has 0 saturated heterocycles. The molecule has 2 aromatic carbocycles. The van der Waals surface area contributed by atoms with Gasteiger partial charge in [-0.1, -0.05) is 52.7 Å². The number of carbonyl (C=O) groups excluding carboxylic acids is 2. The van der Waals surface area contributed by atoms with E-state index in [9.17, 15) is 9.59 Å². The minimum Gasteiger partial charge on any atom is -0.484 e. The Morgan fingerprint density at radius 1 is 1.21 bits per heavy atom. The number of ether oxygens (including phenoxy) is 1. The smallest absolute Gasteiger partial charge is 0.261 e. The van der Waals surface area contributed by atoms with Gasteiger partial charge in [0.25, 0.3) is 5.91 Å². The molecule has 0 saturated carbocycles. The zero-order valence-electron chi connectivity index (χ0n) is 16.0. The average Bonchev–Trinajstić information content (AvgIpc) is 2.69. The molecular formula is C21H24BrClN2O3. The van der Waals surface area contributed by atoms with E-state index in [-0.39, 0.29) is 18.4 Å². The molecule has 1 atom stereocenters. The minimum absolute atomic E-state index is 0.178. The summed E-state index contributed by atoms with van der Waals surface area (Å²) in [5.41, 5.74) is 0.925. The van der Waals surface area contributed by atoms with Crippen LogP contribution in [0.15, 0.2) is 53.0 Å². The number of nitrogens with one attached hydrogen (secondary N) is 1. The lowest BCUT2D eigenvalue weighted by Gasteiger charge is -2.28. The van der Waals surface area contributed by atoms with Crippen molar-refractivity contribution in [2.75, 3.05) is 13.2 Å². The van der Waals surface area contributed by atoms with E-state index in [4.69, 9.17) is 16.3 Å². The molecule has 7 heteroatoms. The third-order valence-corrected chi connectivity index (χ3v) is 4.90. The van der Waals surface area contributed by atoms with E-state index in [0.29, 0.717) is 23.9 Å². The zero-order chi connectivity index (χ0) is 20.5. The van der Waals surface area contributed by atoms with Crippen LogP contribution in [0.25, 0.3) is 0 Å². The molecule has 5 nitrogen and oxygen atoms in total. The van der Waals surface area contributed by atoms with E-state index in [1.165, 1.54) is 4.90 Å². The molecule has 0 bridgehead atoms. The monoisotopic (exact) mass is 466 g/mol. The van der Waals surface area contributed by atoms with Crippen LogP contribution in [-0.2, 0) is 16.1 Å². The van der Waals surface area contributed by atoms with Crippen LogP contribution < -0.4 is 10.1 Å². The second-order valence-electron chi connectivity index (χ2n) is 6.36. The molecule has 2 aromatic rings. The summed E-state index contributed by atoms with van der Waals surface area (Å²) in [5.74, 6) is 0.0460. The Morgan fingerprint density at radius 2 is 1.93 bits per heavy atom. The fourth-order valence-corrected chi connectivity index (χ4v) is 2.99. The SMILES string of the molecule is CCCNC(=O)C(C)N(Cc1ccc(Br)cc1)C(=O)COc1cccc(Cl)c1. The lowest BCUT2D eigenvalue weighted by molar-refractivity contribution is -0.142. The molecule has 0 aliphatic rings. The number of halogens is 2. The van der Waals surface area contributed by atoms with E-state index in [1.54, 1.807) is 31.2 Å². The van der Waals surface area contributed by atoms with Gasteiger partial charge in [-0.25, -0.2) is 0 Å². The van der Waals surface area contributed by atoms with Crippen molar-refractivity contribution in [3.8, 4) is 5.75 Å². The highest BCUT2D eigenvalue weighted by molar-refractivity contribution is 9.10. The van der Waals surface area contributed by atoms with Gasteiger partial charge in [-0.3, -0.25) is 9.59 Å². The summed E-state index contributed by atoms with van der Waals surface area (Å²) in [6.45, 7) is 4.41. The maximum absolute atomic E-state index is 12.9. The number of hydrogen-bond donors (Lipinski definition) is 1. The molecule has 2 amide bonds. The maximum Gasteiger partial charge on any atom is 0.261 e. The van der Waals surface area contributed by atoms with Crippen molar-refractivity contribution >= 4 is 39.3 Å². The van der Waals surface area contributed by atoms with Crippen LogP contribution in [0.5, 0.6) is 5.75 Å². The number of carbonyl (C=O) groups is 2. The molecule has 0 radical (unpaired) electrons. The molecule has 0 fully saturated rings. The Kier molecular flexibility index (Phi) is 8.80. The molecule has 0 aromatic heterocycles. The van der Waals surface area contributed by atoms with Crippen LogP contribution in [0, 0.1) is 0 Å². The summed E-state index contributed by atoms with van der Waals surface area (Å²) >= 11 is 9.35. The fraction of sp³-hybridized carbons (Fsp3) is 0.333. The highest BCUT2D eigenvalue weighted by atomic mass is 79.9. The molecule has 0 aliphatic carbocycles. The number of amides is 2. The number of rotatable bonds is 9. The normalized spacial score (nSPS) is 11.6. The van der Waals surface area contributed by atoms with Crippen LogP contribution in [0.4, 0.5) is 0 Å². The molecule has 0 spiro atoms. The number of nitrogens with zero attached hydrogens (tertiary/aromatic N) is 1. The quantitative estimate of drug-likeness (QED) is 0.594. The van der Waals surface area contributed by atoms with Crippen molar-refractivity contribution in [2.24, 2.45) is 0 Å². The first-order chi connectivity index (χ1) is 13.4. The second kappa shape index (κ2) is 11.1. The first-order valence-corrected chi connectivity index (χ1v) is 10.3. The predicted octanol–water partition coefficient (Wildman–Crippen LogP) is 4.42. The topological polar surface area (TPSA) is 58.6 Å². The van der Waals surface area contributed by atoms with E-state index in [2.05, 4.69) is 21.2 Å². The van der Waals surface area contributed by atoms with Gasteiger partial charge in [0.2, 0.25) is 5.91 Å². The standard InChI is InChI=1S/C21H24BrClN2O3/c1-3-11-24-21(27)15(2)25(13-16-7-9-17(22)10-8-16)20(26)14-28-19-6-4-5-18(23)12-19/h4-10,12,15H,3,11,13-14H2,1-2H3,(H,24,27). The number of benzene rings is 2. The van der Waals surface area contributed by atoms with E-state index >= 15 is 0 Å².